The number of hydrogen-bond donors (Lipinski definition) is 1. The average Bonchev–Trinajstić information content (AvgIpc) is 2.18. The van der Waals surface area contributed by atoms with E-state index in [-0.39, 0.29) is 17.9 Å². The summed E-state index contributed by atoms with van der Waals surface area (Å²) >= 11 is 0. The van der Waals surface area contributed by atoms with Gasteiger partial charge in [-0.3, -0.25) is 9.59 Å². The highest BCUT2D eigenvalue weighted by atomic mass is 16.2. The van der Waals surface area contributed by atoms with E-state index in [0.29, 0.717) is 25.9 Å². The molecular formula is C10H19N3O2. The number of nitrogens with two attached hydrogens (primary N) is 1. The number of piperidine rings is 1. The maximum Gasteiger partial charge on any atom is 0.223 e. The first-order valence-corrected chi connectivity index (χ1v) is 5.24. The van der Waals surface area contributed by atoms with Crippen LogP contribution in [0.3, 0.4) is 0 Å². The Morgan fingerprint density at radius 2 is 2.27 bits per heavy atom. The highest BCUT2D eigenvalue weighted by Gasteiger charge is 2.23. The van der Waals surface area contributed by atoms with Gasteiger partial charge in [0.2, 0.25) is 11.8 Å². The molecule has 0 aromatic heterocycles. The Balaban J connectivity index is 2.36. The lowest BCUT2D eigenvalue weighted by molar-refractivity contribution is -0.135. The van der Waals surface area contributed by atoms with Crippen LogP contribution in [0.4, 0.5) is 0 Å². The molecule has 0 radical (unpaired) electrons. The second-order valence-electron chi connectivity index (χ2n) is 4.18. The first-order chi connectivity index (χ1) is 7.00. The monoisotopic (exact) mass is 213 g/mol. The van der Waals surface area contributed by atoms with Crippen molar-refractivity contribution in [3.05, 3.63) is 0 Å². The fourth-order valence-corrected chi connectivity index (χ4v) is 1.61. The summed E-state index contributed by atoms with van der Waals surface area (Å²) in [6.45, 7) is 1.07. The van der Waals surface area contributed by atoms with Crippen LogP contribution in [0.15, 0.2) is 0 Å². The van der Waals surface area contributed by atoms with E-state index in [0.717, 1.165) is 6.42 Å². The number of carbonyl (C=O) groups is 2. The molecule has 1 saturated heterocycles. The standard InChI is InChI=1S/C10H19N3O2/c1-12(2)9(14)5-6-13-7-8(11)3-4-10(13)15/h8H,3-7,11H2,1-2H3. The second kappa shape index (κ2) is 5.11. The fourth-order valence-electron chi connectivity index (χ4n) is 1.61. The van der Waals surface area contributed by atoms with Crippen molar-refractivity contribution in [3.63, 3.8) is 0 Å². The fraction of sp³-hybridized carbons (Fsp3) is 0.800. The molecule has 1 aliphatic rings. The van der Waals surface area contributed by atoms with Crippen molar-refractivity contribution in [1.29, 1.82) is 0 Å². The molecule has 0 aliphatic carbocycles. The van der Waals surface area contributed by atoms with E-state index in [4.69, 9.17) is 5.73 Å². The van der Waals surface area contributed by atoms with Crippen LogP contribution in [0.2, 0.25) is 0 Å². The smallest absolute Gasteiger partial charge is 0.223 e. The third kappa shape index (κ3) is 3.51. The molecule has 0 spiro atoms. The Labute approximate surface area is 90.2 Å². The number of hydrogen-bond acceptors (Lipinski definition) is 3. The van der Waals surface area contributed by atoms with Gasteiger partial charge in [0, 0.05) is 46.1 Å². The molecule has 1 aliphatic heterocycles. The minimum atomic E-state index is 0.0435. The van der Waals surface area contributed by atoms with Crippen molar-refractivity contribution >= 4 is 11.8 Å². The largest absolute Gasteiger partial charge is 0.349 e. The zero-order valence-electron chi connectivity index (χ0n) is 9.40. The van der Waals surface area contributed by atoms with Gasteiger partial charge in [-0.15, -0.1) is 0 Å². The van der Waals surface area contributed by atoms with Crippen LogP contribution in [-0.2, 0) is 9.59 Å². The molecule has 0 saturated carbocycles. The quantitative estimate of drug-likeness (QED) is 0.681. The first-order valence-electron chi connectivity index (χ1n) is 5.24. The van der Waals surface area contributed by atoms with Crippen LogP contribution >= 0.6 is 0 Å². The normalized spacial score (nSPS) is 21.7. The summed E-state index contributed by atoms with van der Waals surface area (Å²) in [5.74, 6) is 0.158. The first kappa shape index (κ1) is 12.0. The molecule has 0 aromatic rings. The van der Waals surface area contributed by atoms with Gasteiger partial charge in [-0.1, -0.05) is 0 Å². The molecular weight excluding hydrogens is 194 g/mol. The lowest BCUT2D eigenvalue weighted by Crippen LogP contribution is -2.47. The highest BCUT2D eigenvalue weighted by Crippen LogP contribution is 2.10. The summed E-state index contributed by atoms with van der Waals surface area (Å²) in [4.78, 5) is 26.0. The van der Waals surface area contributed by atoms with E-state index in [1.54, 1.807) is 19.0 Å². The topological polar surface area (TPSA) is 66.6 Å². The van der Waals surface area contributed by atoms with Gasteiger partial charge in [-0.2, -0.15) is 0 Å². The lowest BCUT2D eigenvalue weighted by atomic mass is 10.1. The van der Waals surface area contributed by atoms with Crippen LogP contribution in [0.5, 0.6) is 0 Å². The van der Waals surface area contributed by atoms with Crippen LogP contribution < -0.4 is 5.73 Å². The van der Waals surface area contributed by atoms with Crippen LogP contribution in [0.25, 0.3) is 0 Å². The van der Waals surface area contributed by atoms with Crippen molar-refractivity contribution in [2.75, 3.05) is 27.2 Å². The zero-order chi connectivity index (χ0) is 11.4. The molecule has 5 nitrogen and oxygen atoms in total. The van der Waals surface area contributed by atoms with Crippen molar-refractivity contribution in [1.82, 2.24) is 9.80 Å². The molecule has 0 aromatic carbocycles. The SMILES string of the molecule is CN(C)C(=O)CCN1CC(N)CCC1=O. The molecule has 1 unspecified atom stereocenters. The van der Waals surface area contributed by atoms with Crippen molar-refractivity contribution in [3.8, 4) is 0 Å². The molecule has 1 heterocycles. The molecule has 2 amide bonds. The van der Waals surface area contributed by atoms with Gasteiger partial charge in [0.15, 0.2) is 0 Å². The Hall–Kier alpha value is -1.10. The van der Waals surface area contributed by atoms with Gasteiger partial charge in [-0.05, 0) is 6.42 Å². The molecule has 1 rings (SSSR count). The molecule has 5 heteroatoms. The van der Waals surface area contributed by atoms with Gasteiger partial charge in [0.1, 0.15) is 0 Å². The van der Waals surface area contributed by atoms with E-state index in [2.05, 4.69) is 0 Å². The molecule has 86 valence electrons. The molecule has 0 bridgehead atoms. The van der Waals surface area contributed by atoms with Gasteiger partial charge >= 0.3 is 0 Å². The van der Waals surface area contributed by atoms with Crippen molar-refractivity contribution in [2.24, 2.45) is 5.73 Å². The van der Waals surface area contributed by atoms with E-state index >= 15 is 0 Å². The second-order valence-corrected chi connectivity index (χ2v) is 4.18. The molecule has 1 fully saturated rings. The number of carbonyl (C=O) groups excluding carboxylic acids is 2. The summed E-state index contributed by atoms with van der Waals surface area (Å²) in [6, 6.07) is 0.0668. The zero-order valence-corrected chi connectivity index (χ0v) is 9.40. The van der Waals surface area contributed by atoms with E-state index in [1.807, 2.05) is 0 Å². The molecule has 15 heavy (non-hydrogen) atoms. The number of rotatable bonds is 3. The van der Waals surface area contributed by atoms with Crippen LogP contribution in [-0.4, -0.2) is 54.8 Å². The summed E-state index contributed by atoms with van der Waals surface area (Å²) in [5, 5.41) is 0. The number of nitrogens with zero attached hydrogens (tertiary/aromatic N) is 2. The molecule has 2 N–H and O–H groups in total. The van der Waals surface area contributed by atoms with E-state index < -0.39 is 0 Å². The van der Waals surface area contributed by atoms with E-state index in [9.17, 15) is 9.59 Å². The maximum atomic E-state index is 11.5. The third-order valence-corrected chi connectivity index (χ3v) is 2.63. The van der Waals surface area contributed by atoms with E-state index in [1.165, 1.54) is 4.90 Å². The number of amides is 2. The number of likely N-dealkylation sites (tertiary alicyclic amines) is 1. The summed E-state index contributed by atoms with van der Waals surface area (Å²) in [7, 11) is 3.43. The Morgan fingerprint density at radius 1 is 1.60 bits per heavy atom. The predicted molar refractivity (Wildman–Crippen MR) is 57.1 cm³/mol. The highest BCUT2D eigenvalue weighted by molar-refractivity contribution is 5.79. The Morgan fingerprint density at radius 3 is 2.87 bits per heavy atom. The van der Waals surface area contributed by atoms with Gasteiger partial charge in [0.05, 0.1) is 0 Å². The summed E-state index contributed by atoms with van der Waals surface area (Å²) in [5.41, 5.74) is 5.76. The molecule has 1 atom stereocenters. The Kier molecular flexibility index (Phi) is 4.08. The van der Waals surface area contributed by atoms with Crippen LogP contribution in [0, 0.1) is 0 Å². The van der Waals surface area contributed by atoms with Crippen molar-refractivity contribution in [2.45, 2.75) is 25.3 Å². The Bertz CT molecular complexity index is 253. The maximum absolute atomic E-state index is 11.5. The van der Waals surface area contributed by atoms with Crippen LogP contribution in [0.1, 0.15) is 19.3 Å². The third-order valence-electron chi connectivity index (χ3n) is 2.63. The summed E-state index contributed by atoms with van der Waals surface area (Å²) in [6.07, 6.45) is 1.65. The van der Waals surface area contributed by atoms with Crippen molar-refractivity contribution < 1.29 is 9.59 Å². The predicted octanol–water partition coefficient (Wildman–Crippen LogP) is -0.586. The lowest BCUT2D eigenvalue weighted by Gasteiger charge is -2.30. The van der Waals surface area contributed by atoms with Gasteiger partial charge in [0.25, 0.3) is 0 Å². The minimum Gasteiger partial charge on any atom is -0.349 e. The van der Waals surface area contributed by atoms with Gasteiger partial charge < -0.3 is 15.5 Å². The van der Waals surface area contributed by atoms with Gasteiger partial charge in [-0.25, -0.2) is 0 Å². The average molecular weight is 213 g/mol. The minimum absolute atomic E-state index is 0.0435. The summed E-state index contributed by atoms with van der Waals surface area (Å²) < 4.78 is 0.